The van der Waals surface area contributed by atoms with Gasteiger partial charge < -0.3 is 24.3 Å². The van der Waals surface area contributed by atoms with E-state index in [1.165, 1.54) is 0 Å². The molecule has 1 N–H and O–H groups in total. The molecule has 0 aliphatic carbocycles. The van der Waals surface area contributed by atoms with E-state index in [-0.39, 0.29) is 12.5 Å². The van der Waals surface area contributed by atoms with Crippen LogP contribution in [0.3, 0.4) is 0 Å². The first kappa shape index (κ1) is 18.2. The summed E-state index contributed by atoms with van der Waals surface area (Å²) in [6.07, 6.45) is 3.75. The molecule has 1 aromatic carbocycles. The number of benzene rings is 1. The lowest BCUT2D eigenvalue weighted by molar-refractivity contribution is -0.128. The molecule has 1 amide bonds. The number of piperidine rings is 1. The number of amides is 1. The van der Waals surface area contributed by atoms with Crippen LogP contribution in [0.25, 0.3) is 6.08 Å². The fraction of sp³-hybridized carbons (Fsp3) is 0.476. The van der Waals surface area contributed by atoms with Crippen LogP contribution in [0.5, 0.6) is 11.5 Å². The van der Waals surface area contributed by atoms with E-state index in [2.05, 4.69) is 20.1 Å². The Bertz CT molecular complexity index is 959. The predicted octanol–water partition coefficient (Wildman–Crippen LogP) is 1.57. The van der Waals surface area contributed by atoms with Crippen molar-refractivity contribution in [3.63, 3.8) is 0 Å². The fourth-order valence-corrected chi connectivity index (χ4v) is 4.42. The topological polar surface area (TPSA) is 81.5 Å². The lowest BCUT2D eigenvalue weighted by atomic mass is 9.95. The highest BCUT2D eigenvalue weighted by Crippen LogP contribution is 2.36. The van der Waals surface area contributed by atoms with Crippen LogP contribution in [-0.2, 0) is 17.9 Å². The minimum atomic E-state index is 0.0596. The van der Waals surface area contributed by atoms with E-state index in [1.54, 1.807) is 7.11 Å². The SMILES string of the molecule is COc1cccc2c1OCC(C(=O)N1CCC(c3nnc4n3CCNC4)CC1)=C2. The van der Waals surface area contributed by atoms with Crippen LogP contribution in [0.1, 0.15) is 36.0 Å². The van der Waals surface area contributed by atoms with E-state index in [0.717, 1.165) is 62.8 Å². The highest BCUT2D eigenvalue weighted by Gasteiger charge is 2.31. The Labute approximate surface area is 169 Å². The van der Waals surface area contributed by atoms with Crippen LogP contribution in [0.15, 0.2) is 23.8 Å². The molecule has 29 heavy (non-hydrogen) atoms. The maximum Gasteiger partial charge on any atom is 0.253 e. The molecule has 0 saturated carbocycles. The molecule has 3 aliphatic rings. The van der Waals surface area contributed by atoms with Gasteiger partial charge in [-0.2, -0.15) is 0 Å². The Morgan fingerprint density at radius 2 is 2.10 bits per heavy atom. The number of fused-ring (bicyclic) bond motifs is 2. The summed E-state index contributed by atoms with van der Waals surface area (Å²) in [5.74, 6) is 3.91. The molecule has 1 saturated heterocycles. The summed E-state index contributed by atoms with van der Waals surface area (Å²) in [5, 5.41) is 12.1. The smallest absolute Gasteiger partial charge is 0.253 e. The third-order valence-electron chi connectivity index (χ3n) is 6.00. The molecule has 0 unspecified atom stereocenters. The molecule has 152 valence electrons. The number of hydrogen-bond donors (Lipinski definition) is 1. The Morgan fingerprint density at radius 1 is 1.24 bits per heavy atom. The summed E-state index contributed by atoms with van der Waals surface area (Å²) in [6, 6.07) is 5.72. The number of aromatic nitrogens is 3. The van der Waals surface area contributed by atoms with Gasteiger partial charge in [0.1, 0.15) is 18.3 Å². The normalized spacial score (nSPS) is 19.1. The lowest BCUT2D eigenvalue weighted by Gasteiger charge is -2.33. The zero-order valence-corrected chi connectivity index (χ0v) is 16.6. The molecule has 3 aliphatic heterocycles. The molecule has 2 aromatic rings. The second-order valence-corrected chi connectivity index (χ2v) is 7.71. The average molecular weight is 395 g/mol. The second-order valence-electron chi connectivity index (χ2n) is 7.71. The molecule has 0 bridgehead atoms. The number of ether oxygens (including phenoxy) is 2. The molecule has 0 atom stereocenters. The van der Waals surface area contributed by atoms with Gasteiger partial charge in [0.05, 0.1) is 19.2 Å². The monoisotopic (exact) mass is 395 g/mol. The quantitative estimate of drug-likeness (QED) is 0.850. The van der Waals surface area contributed by atoms with E-state index in [9.17, 15) is 4.79 Å². The van der Waals surface area contributed by atoms with Gasteiger partial charge in [-0.1, -0.05) is 12.1 Å². The number of methoxy groups -OCH3 is 1. The fourth-order valence-electron chi connectivity index (χ4n) is 4.42. The largest absolute Gasteiger partial charge is 0.493 e. The van der Waals surface area contributed by atoms with E-state index >= 15 is 0 Å². The van der Waals surface area contributed by atoms with Crippen LogP contribution in [0.4, 0.5) is 0 Å². The van der Waals surface area contributed by atoms with Crippen molar-refractivity contribution >= 4 is 12.0 Å². The third kappa shape index (κ3) is 3.27. The van der Waals surface area contributed by atoms with Gasteiger partial charge in [-0.3, -0.25) is 4.79 Å². The second kappa shape index (κ2) is 7.51. The number of carbonyl (C=O) groups excluding carboxylic acids is 1. The summed E-state index contributed by atoms with van der Waals surface area (Å²) >= 11 is 0. The van der Waals surface area contributed by atoms with Crippen molar-refractivity contribution in [3.05, 3.63) is 41.0 Å². The lowest BCUT2D eigenvalue weighted by Crippen LogP contribution is -2.40. The molecule has 8 nitrogen and oxygen atoms in total. The van der Waals surface area contributed by atoms with Crippen molar-refractivity contribution in [2.45, 2.75) is 31.8 Å². The van der Waals surface area contributed by atoms with E-state index < -0.39 is 0 Å². The number of hydrogen-bond acceptors (Lipinski definition) is 6. The number of nitrogens with zero attached hydrogens (tertiary/aromatic N) is 4. The molecular weight excluding hydrogens is 370 g/mol. The molecule has 1 fully saturated rings. The van der Waals surface area contributed by atoms with Crippen molar-refractivity contribution in [1.82, 2.24) is 25.0 Å². The molecule has 5 rings (SSSR count). The number of carbonyl (C=O) groups is 1. The van der Waals surface area contributed by atoms with Gasteiger partial charge in [-0.15, -0.1) is 10.2 Å². The maximum absolute atomic E-state index is 13.0. The van der Waals surface area contributed by atoms with Gasteiger partial charge in [0, 0.05) is 37.7 Å². The molecule has 0 spiro atoms. The Balaban J connectivity index is 1.27. The molecule has 4 heterocycles. The molecule has 1 aromatic heterocycles. The number of rotatable bonds is 3. The van der Waals surface area contributed by atoms with Gasteiger partial charge in [0.15, 0.2) is 11.5 Å². The minimum Gasteiger partial charge on any atom is -0.493 e. The van der Waals surface area contributed by atoms with Gasteiger partial charge in [0.2, 0.25) is 0 Å². The van der Waals surface area contributed by atoms with Crippen LogP contribution in [0.2, 0.25) is 0 Å². The Hall–Kier alpha value is -2.87. The number of para-hydroxylation sites is 1. The van der Waals surface area contributed by atoms with Crippen molar-refractivity contribution in [2.24, 2.45) is 0 Å². The summed E-state index contributed by atoms with van der Waals surface area (Å²) in [6.45, 7) is 4.39. The number of nitrogens with one attached hydrogen (secondary N) is 1. The summed E-state index contributed by atoms with van der Waals surface area (Å²) in [5.41, 5.74) is 1.58. The molecule has 8 heteroatoms. The molecule has 0 radical (unpaired) electrons. The Kier molecular flexibility index (Phi) is 4.71. The van der Waals surface area contributed by atoms with Gasteiger partial charge in [0.25, 0.3) is 5.91 Å². The summed E-state index contributed by atoms with van der Waals surface area (Å²) in [4.78, 5) is 15.0. The maximum atomic E-state index is 13.0. The van der Waals surface area contributed by atoms with Crippen LogP contribution < -0.4 is 14.8 Å². The van der Waals surface area contributed by atoms with Crippen LogP contribution >= 0.6 is 0 Å². The van der Waals surface area contributed by atoms with E-state index in [0.29, 0.717) is 23.0 Å². The molecular formula is C21H25N5O3. The highest BCUT2D eigenvalue weighted by atomic mass is 16.5. The first-order chi connectivity index (χ1) is 14.2. The predicted molar refractivity (Wildman–Crippen MR) is 107 cm³/mol. The highest BCUT2D eigenvalue weighted by molar-refractivity contribution is 5.99. The van der Waals surface area contributed by atoms with Gasteiger partial charge in [-0.05, 0) is 25.0 Å². The van der Waals surface area contributed by atoms with Crippen molar-refractivity contribution < 1.29 is 14.3 Å². The third-order valence-corrected chi connectivity index (χ3v) is 6.00. The zero-order chi connectivity index (χ0) is 19.8. The van der Waals surface area contributed by atoms with Crippen LogP contribution in [-0.4, -0.2) is 58.9 Å². The average Bonchev–Trinajstić information content (AvgIpc) is 3.22. The van der Waals surface area contributed by atoms with Crippen LogP contribution in [0, 0.1) is 0 Å². The number of likely N-dealkylation sites (tertiary alicyclic amines) is 1. The Morgan fingerprint density at radius 3 is 2.93 bits per heavy atom. The van der Waals surface area contributed by atoms with E-state index in [1.807, 2.05) is 29.2 Å². The van der Waals surface area contributed by atoms with Crippen molar-refractivity contribution in [3.8, 4) is 11.5 Å². The van der Waals surface area contributed by atoms with Crippen molar-refractivity contribution in [1.29, 1.82) is 0 Å². The zero-order valence-electron chi connectivity index (χ0n) is 16.6. The summed E-state index contributed by atoms with van der Waals surface area (Å²) in [7, 11) is 1.62. The van der Waals surface area contributed by atoms with Gasteiger partial charge in [-0.25, -0.2) is 0 Å². The van der Waals surface area contributed by atoms with E-state index in [4.69, 9.17) is 9.47 Å². The minimum absolute atomic E-state index is 0.0596. The van der Waals surface area contributed by atoms with Gasteiger partial charge >= 0.3 is 0 Å². The summed E-state index contributed by atoms with van der Waals surface area (Å²) < 4.78 is 13.4. The first-order valence-corrected chi connectivity index (χ1v) is 10.2. The van der Waals surface area contributed by atoms with Crippen molar-refractivity contribution in [2.75, 3.05) is 33.4 Å². The standard InChI is InChI=1S/C21H25N5O3/c1-28-17-4-2-3-15-11-16(13-29-19(15)17)21(27)25-8-5-14(6-9-25)20-24-23-18-12-22-7-10-26(18)20/h2-4,11,14,22H,5-10,12-13H2,1H3. The first-order valence-electron chi connectivity index (χ1n) is 10.2.